The predicted molar refractivity (Wildman–Crippen MR) is 119 cm³/mol. The maximum absolute atomic E-state index is 12.4. The van der Waals surface area contributed by atoms with Crippen molar-refractivity contribution in [2.24, 2.45) is 0 Å². The molecule has 0 radical (unpaired) electrons. The number of para-hydroxylation sites is 1. The van der Waals surface area contributed by atoms with E-state index in [0.717, 1.165) is 23.5 Å². The zero-order valence-electron chi connectivity index (χ0n) is 16.5. The number of nitro benzene ring substituents is 1. The van der Waals surface area contributed by atoms with E-state index in [4.69, 9.17) is 0 Å². The summed E-state index contributed by atoms with van der Waals surface area (Å²) in [6.45, 7) is 1.12. The molecular formula is C22H20N4O4S. The van der Waals surface area contributed by atoms with Gasteiger partial charge < -0.3 is 15.5 Å². The molecule has 0 saturated carbocycles. The van der Waals surface area contributed by atoms with Gasteiger partial charge in [0.15, 0.2) is 0 Å². The smallest absolute Gasteiger partial charge is 0.313 e. The van der Waals surface area contributed by atoms with E-state index >= 15 is 0 Å². The highest BCUT2D eigenvalue weighted by Crippen LogP contribution is 2.36. The minimum absolute atomic E-state index is 0.0835. The van der Waals surface area contributed by atoms with Crippen LogP contribution in [0.2, 0.25) is 0 Å². The third kappa shape index (κ3) is 4.56. The van der Waals surface area contributed by atoms with Crippen LogP contribution in [0.3, 0.4) is 0 Å². The normalized spacial score (nSPS) is 13.4. The van der Waals surface area contributed by atoms with Crippen molar-refractivity contribution in [1.82, 2.24) is 5.32 Å². The first-order chi connectivity index (χ1) is 15.0. The number of nitrogens with zero attached hydrogens (tertiary/aromatic N) is 2. The molecule has 1 aromatic heterocycles. The Morgan fingerprint density at radius 2 is 1.84 bits per heavy atom. The van der Waals surface area contributed by atoms with Gasteiger partial charge in [0.05, 0.1) is 11.0 Å². The number of hydrogen-bond donors (Lipinski definition) is 2. The lowest BCUT2D eigenvalue weighted by molar-refractivity contribution is -0.384. The van der Waals surface area contributed by atoms with Crippen molar-refractivity contribution in [2.45, 2.75) is 12.5 Å². The molecule has 0 aliphatic carbocycles. The Labute approximate surface area is 182 Å². The Kier molecular flexibility index (Phi) is 5.94. The Hall–Kier alpha value is -3.72. The Morgan fingerprint density at radius 3 is 2.55 bits per heavy atom. The third-order valence-corrected chi connectivity index (χ3v) is 6.14. The lowest BCUT2D eigenvalue weighted by Gasteiger charge is -2.30. The molecule has 0 fully saturated rings. The van der Waals surface area contributed by atoms with Gasteiger partial charge in [-0.25, -0.2) is 0 Å². The first-order valence-corrected chi connectivity index (χ1v) is 10.6. The fraction of sp³-hybridized carbons (Fsp3) is 0.182. The number of anilines is 2. The van der Waals surface area contributed by atoms with Crippen LogP contribution in [0, 0.1) is 10.1 Å². The van der Waals surface area contributed by atoms with Gasteiger partial charge in [-0.2, -0.15) is 0 Å². The summed E-state index contributed by atoms with van der Waals surface area (Å²) in [5, 5.41) is 17.9. The van der Waals surface area contributed by atoms with Crippen LogP contribution in [0.1, 0.15) is 16.5 Å². The van der Waals surface area contributed by atoms with Crippen LogP contribution >= 0.6 is 11.3 Å². The first kappa shape index (κ1) is 20.5. The van der Waals surface area contributed by atoms with Crippen LogP contribution in [0.5, 0.6) is 0 Å². The van der Waals surface area contributed by atoms with E-state index in [-0.39, 0.29) is 18.3 Å². The SMILES string of the molecule is O=C(NCC(c1cccs1)N1CCc2ccccc21)C(=O)Nc1ccc([N+](=O)[O-])cc1. The van der Waals surface area contributed by atoms with Crippen molar-refractivity contribution in [3.8, 4) is 0 Å². The first-order valence-electron chi connectivity index (χ1n) is 9.74. The number of non-ortho nitro benzene ring substituents is 1. The molecule has 1 aliphatic rings. The molecule has 31 heavy (non-hydrogen) atoms. The van der Waals surface area contributed by atoms with Gasteiger partial charge in [0, 0.05) is 41.5 Å². The summed E-state index contributed by atoms with van der Waals surface area (Å²) in [5.74, 6) is -1.58. The van der Waals surface area contributed by atoms with E-state index < -0.39 is 16.7 Å². The van der Waals surface area contributed by atoms with Crippen LogP contribution in [0.25, 0.3) is 0 Å². The van der Waals surface area contributed by atoms with Crippen molar-refractivity contribution in [2.75, 3.05) is 23.3 Å². The van der Waals surface area contributed by atoms with Gasteiger partial charge in [0.2, 0.25) is 0 Å². The highest BCUT2D eigenvalue weighted by atomic mass is 32.1. The summed E-state index contributed by atoms with van der Waals surface area (Å²) in [4.78, 5) is 38.3. The van der Waals surface area contributed by atoms with Gasteiger partial charge in [0.25, 0.3) is 5.69 Å². The average Bonchev–Trinajstić information content (AvgIpc) is 3.45. The summed E-state index contributed by atoms with van der Waals surface area (Å²) in [6.07, 6.45) is 0.937. The number of thiophene rings is 1. The average molecular weight is 436 g/mol. The van der Waals surface area contributed by atoms with E-state index in [2.05, 4.69) is 27.7 Å². The Morgan fingerprint density at radius 1 is 1.06 bits per heavy atom. The lowest BCUT2D eigenvalue weighted by Crippen LogP contribution is -2.41. The molecule has 9 heteroatoms. The minimum atomic E-state index is -0.819. The standard InChI is InChI=1S/C22H20N4O4S/c27-21(22(28)24-16-7-9-17(10-8-16)26(29)30)23-14-19(20-6-3-13-31-20)25-12-11-15-4-1-2-5-18(15)25/h1-10,13,19H,11-12,14H2,(H,23,27)(H,24,28). The van der Waals surface area contributed by atoms with Crippen LogP contribution in [-0.2, 0) is 16.0 Å². The quantitative estimate of drug-likeness (QED) is 0.350. The molecular weight excluding hydrogens is 416 g/mol. The van der Waals surface area contributed by atoms with Gasteiger partial charge in [-0.1, -0.05) is 24.3 Å². The van der Waals surface area contributed by atoms with E-state index in [0.29, 0.717) is 5.69 Å². The zero-order valence-corrected chi connectivity index (χ0v) is 17.3. The maximum Gasteiger partial charge on any atom is 0.313 e. The molecule has 1 unspecified atom stereocenters. The third-order valence-electron chi connectivity index (χ3n) is 5.17. The minimum Gasteiger partial charge on any atom is -0.361 e. The largest absolute Gasteiger partial charge is 0.361 e. The van der Waals surface area contributed by atoms with E-state index in [1.54, 1.807) is 11.3 Å². The summed E-state index contributed by atoms with van der Waals surface area (Å²) in [5.41, 5.74) is 2.64. The number of nitro groups is 1. The van der Waals surface area contributed by atoms with Gasteiger partial charge in [-0.15, -0.1) is 11.3 Å². The van der Waals surface area contributed by atoms with Gasteiger partial charge in [0.1, 0.15) is 0 Å². The van der Waals surface area contributed by atoms with Crippen molar-refractivity contribution in [3.05, 3.63) is 86.6 Å². The van der Waals surface area contributed by atoms with Crippen molar-refractivity contribution in [3.63, 3.8) is 0 Å². The zero-order chi connectivity index (χ0) is 21.8. The molecule has 2 N–H and O–H groups in total. The van der Waals surface area contributed by atoms with Crippen molar-refractivity contribution >= 4 is 40.2 Å². The Balaban J connectivity index is 1.42. The molecule has 1 aliphatic heterocycles. The summed E-state index contributed by atoms with van der Waals surface area (Å²) in [6, 6.07) is 17.4. The molecule has 4 rings (SSSR count). The molecule has 2 amide bonds. The van der Waals surface area contributed by atoms with Crippen LogP contribution in [0.4, 0.5) is 17.1 Å². The summed E-state index contributed by atoms with van der Waals surface area (Å²) >= 11 is 1.61. The van der Waals surface area contributed by atoms with Crippen LogP contribution < -0.4 is 15.5 Å². The summed E-state index contributed by atoms with van der Waals surface area (Å²) < 4.78 is 0. The second-order valence-corrected chi connectivity index (χ2v) is 8.05. The van der Waals surface area contributed by atoms with Crippen molar-refractivity contribution < 1.29 is 14.5 Å². The number of fused-ring (bicyclic) bond motifs is 1. The number of carbonyl (C=O) groups excluding carboxylic acids is 2. The number of carbonyl (C=O) groups is 2. The molecule has 3 aromatic rings. The predicted octanol–water partition coefficient (Wildman–Crippen LogP) is 3.52. The molecule has 0 spiro atoms. The lowest BCUT2D eigenvalue weighted by atomic mass is 10.1. The highest BCUT2D eigenvalue weighted by Gasteiger charge is 2.28. The highest BCUT2D eigenvalue weighted by molar-refractivity contribution is 7.10. The van der Waals surface area contributed by atoms with Gasteiger partial charge in [-0.05, 0) is 41.6 Å². The van der Waals surface area contributed by atoms with Gasteiger partial charge >= 0.3 is 11.8 Å². The molecule has 158 valence electrons. The van der Waals surface area contributed by atoms with Crippen LogP contribution in [0.15, 0.2) is 66.0 Å². The molecule has 1 atom stereocenters. The second kappa shape index (κ2) is 8.97. The molecule has 8 nitrogen and oxygen atoms in total. The molecule has 2 heterocycles. The summed E-state index contributed by atoms with van der Waals surface area (Å²) in [7, 11) is 0. The molecule has 2 aromatic carbocycles. The molecule has 0 bridgehead atoms. The number of benzene rings is 2. The second-order valence-electron chi connectivity index (χ2n) is 7.07. The maximum atomic E-state index is 12.4. The van der Waals surface area contributed by atoms with E-state index in [1.807, 2.05) is 29.6 Å². The topological polar surface area (TPSA) is 105 Å². The monoisotopic (exact) mass is 436 g/mol. The Bertz CT molecular complexity index is 1100. The molecule has 0 saturated heterocycles. The number of amides is 2. The number of nitrogens with one attached hydrogen (secondary N) is 2. The van der Waals surface area contributed by atoms with Crippen molar-refractivity contribution in [1.29, 1.82) is 0 Å². The van der Waals surface area contributed by atoms with E-state index in [9.17, 15) is 19.7 Å². The number of hydrogen-bond acceptors (Lipinski definition) is 6. The number of rotatable bonds is 6. The fourth-order valence-corrected chi connectivity index (χ4v) is 4.50. The van der Waals surface area contributed by atoms with Crippen LogP contribution in [-0.4, -0.2) is 29.8 Å². The van der Waals surface area contributed by atoms with Gasteiger partial charge in [-0.3, -0.25) is 19.7 Å². The fourth-order valence-electron chi connectivity index (χ4n) is 3.66. The van der Waals surface area contributed by atoms with E-state index in [1.165, 1.54) is 29.8 Å².